The Morgan fingerprint density at radius 3 is 1.81 bits per heavy atom. The van der Waals surface area contributed by atoms with Crippen LogP contribution in [0.25, 0.3) is 0 Å². The zero-order valence-corrected chi connectivity index (χ0v) is 17.2. The van der Waals surface area contributed by atoms with Crippen molar-refractivity contribution in [3.63, 3.8) is 0 Å². The minimum atomic E-state index is -4.95. The Kier molecular flexibility index (Phi) is 6.35. The Morgan fingerprint density at radius 2 is 1.28 bits per heavy atom. The van der Waals surface area contributed by atoms with Crippen molar-refractivity contribution < 1.29 is 31.0 Å². The second-order valence-electron chi connectivity index (χ2n) is 6.68. The van der Waals surface area contributed by atoms with E-state index in [1.165, 1.54) is 48.5 Å². The second-order valence-corrected chi connectivity index (χ2v) is 9.76. The summed E-state index contributed by atoms with van der Waals surface area (Å²) in [4.78, 5) is 25.2. The first-order chi connectivity index (χ1) is 14.5. The number of rotatable bonds is 4. The molecule has 0 bridgehead atoms. The van der Waals surface area contributed by atoms with E-state index in [0.29, 0.717) is 0 Å². The van der Waals surface area contributed by atoms with Gasteiger partial charge in [0.05, 0.1) is 27.4 Å². The Bertz CT molecular complexity index is 1490. The van der Waals surface area contributed by atoms with Gasteiger partial charge in [0.25, 0.3) is 20.1 Å². The molecule has 4 N–H and O–H groups in total. The van der Waals surface area contributed by atoms with Gasteiger partial charge in [0, 0.05) is 11.1 Å². The predicted octanol–water partition coefficient (Wildman–Crippen LogP) is 1.44. The number of nitrogen functional groups attached to an aromatic ring is 1. The normalized spacial score (nSPS) is 13.0. The molecule has 3 aromatic rings. The number of anilines is 2. The molecule has 0 aliphatic heterocycles. The summed E-state index contributed by atoms with van der Waals surface area (Å²) < 4.78 is 61.1. The van der Waals surface area contributed by atoms with Crippen LogP contribution in [0.5, 0.6) is 0 Å². The van der Waals surface area contributed by atoms with Gasteiger partial charge in [-0.3, -0.25) is 18.9 Å². The molecule has 12 heteroatoms. The summed E-state index contributed by atoms with van der Waals surface area (Å²) in [7, 11) is -9.22. The summed E-state index contributed by atoms with van der Waals surface area (Å²) >= 11 is 0. The number of benzene rings is 3. The quantitative estimate of drug-likeness (QED) is 0.224. The van der Waals surface area contributed by atoms with Crippen molar-refractivity contribution in [2.75, 3.05) is 10.5 Å². The van der Waals surface area contributed by atoms with E-state index < -0.39 is 59.1 Å². The van der Waals surface area contributed by atoms with Crippen molar-refractivity contribution in [2.24, 2.45) is 0 Å². The molecule has 160 valence electrons. The van der Waals surface area contributed by atoms with Crippen LogP contribution in [0.2, 0.25) is 0 Å². The van der Waals surface area contributed by atoms with Crippen LogP contribution in [0.4, 0.5) is 11.4 Å². The van der Waals surface area contributed by atoms with Gasteiger partial charge < -0.3 is 5.73 Å². The van der Waals surface area contributed by atoms with Gasteiger partial charge in [-0.25, -0.2) is 8.42 Å². The van der Waals surface area contributed by atoms with Crippen LogP contribution in [0.3, 0.4) is 0 Å². The third-order valence-corrected chi connectivity index (χ3v) is 7.05. The van der Waals surface area contributed by atoms with Crippen LogP contribution in [-0.2, 0) is 20.1 Å². The molecule has 1 aliphatic rings. The predicted molar refractivity (Wildman–Crippen MR) is 118 cm³/mol. The van der Waals surface area contributed by atoms with E-state index in [0.717, 1.165) is 6.07 Å². The fourth-order valence-corrected chi connectivity index (χ4v) is 5.12. The molecule has 0 amide bonds. The van der Waals surface area contributed by atoms with Gasteiger partial charge in [0.2, 0.25) is 0 Å². The molecule has 4 rings (SSSR count). The van der Waals surface area contributed by atoms with Crippen molar-refractivity contribution in [3.8, 4) is 0 Å². The first-order valence-electron chi connectivity index (χ1n) is 8.72. The topological polar surface area (TPSA) is 161 Å². The molecule has 0 heterocycles. The zero-order valence-electron chi connectivity index (χ0n) is 15.6. The molecule has 0 fully saturated rings. The molecule has 0 spiro atoms. The minimum absolute atomic E-state index is 0. The van der Waals surface area contributed by atoms with Crippen LogP contribution in [0.1, 0.15) is 31.8 Å². The van der Waals surface area contributed by atoms with E-state index in [4.69, 9.17) is 5.73 Å². The maximum atomic E-state index is 13.2. The Labute approximate surface area is 205 Å². The first-order valence-corrected chi connectivity index (χ1v) is 11.6. The molecule has 0 atom stereocenters. The van der Waals surface area contributed by atoms with Crippen LogP contribution in [-0.4, -0.2) is 62.5 Å². The number of carbonyl (C=O) groups is 2. The summed E-state index contributed by atoms with van der Waals surface area (Å²) in [6, 6.07) is 13.6. The van der Waals surface area contributed by atoms with E-state index in [9.17, 15) is 31.0 Å². The Hall–Kier alpha value is -2.54. The average Bonchev–Trinajstić information content (AvgIpc) is 2.72. The fourth-order valence-electron chi connectivity index (χ4n) is 3.39. The SMILES string of the molecule is Nc1c(S(=O)(=O)O)cc(NS(=O)(=O)c2ccccc2)c2c1C(=O)c1ccccc1C2=O.[NaH]. The van der Waals surface area contributed by atoms with Crippen molar-refractivity contribution in [1.29, 1.82) is 0 Å². The van der Waals surface area contributed by atoms with Gasteiger partial charge in [0.15, 0.2) is 11.6 Å². The Balaban J connectivity index is 0.00000289. The van der Waals surface area contributed by atoms with Gasteiger partial charge in [-0.2, -0.15) is 8.42 Å². The molecule has 0 saturated carbocycles. The first kappa shape index (κ1) is 24.1. The summed E-state index contributed by atoms with van der Waals surface area (Å²) in [5, 5.41) is 0. The van der Waals surface area contributed by atoms with Crippen molar-refractivity contribution in [1.82, 2.24) is 0 Å². The van der Waals surface area contributed by atoms with E-state index in [1.54, 1.807) is 6.07 Å². The molecule has 0 unspecified atom stereocenters. The van der Waals surface area contributed by atoms with Crippen LogP contribution >= 0.6 is 0 Å². The number of hydrogen-bond acceptors (Lipinski definition) is 7. The second kappa shape index (κ2) is 8.43. The standard InChI is InChI=1S/C20H14N2O7S2.Na.H/c21-18-15(31(27,28)29)10-14(22-30(25,26)11-6-2-1-3-7-11)16-17(18)20(24)13-9-5-4-8-12(13)19(16)23;;/h1-10,22H,21H2,(H,27,28,29);;. The van der Waals surface area contributed by atoms with Gasteiger partial charge in [-0.15, -0.1) is 0 Å². The summed E-state index contributed by atoms with van der Waals surface area (Å²) in [5.74, 6) is -1.49. The fraction of sp³-hybridized carbons (Fsp3) is 0. The van der Waals surface area contributed by atoms with Gasteiger partial charge in [-0.1, -0.05) is 42.5 Å². The number of nitrogens with one attached hydrogen (secondary N) is 1. The van der Waals surface area contributed by atoms with E-state index >= 15 is 0 Å². The summed E-state index contributed by atoms with van der Waals surface area (Å²) in [6.45, 7) is 0. The van der Waals surface area contributed by atoms with E-state index in [2.05, 4.69) is 4.72 Å². The third-order valence-electron chi connectivity index (χ3n) is 4.78. The number of carbonyl (C=O) groups excluding carboxylic acids is 2. The number of ketones is 2. The summed E-state index contributed by atoms with van der Waals surface area (Å²) in [5.41, 5.74) is 3.82. The number of fused-ring (bicyclic) bond motifs is 2. The van der Waals surface area contributed by atoms with Crippen LogP contribution < -0.4 is 10.5 Å². The monoisotopic (exact) mass is 482 g/mol. The maximum absolute atomic E-state index is 13.2. The van der Waals surface area contributed by atoms with Gasteiger partial charge in [-0.05, 0) is 18.2 Å². The molecule has 32 heavy (non-hydrogen) atoms. The van der Waals surface area contributed by atoms with Crippen molar-refractivity contribution in [2.45, 2.75) is 9.79 Å². The molecule has 0 saturated heterocycles. The molecular weight excluding hydrogens is 467 g/mol. The van der Waals surface area contributed by atoms with Crippen molar-refractivity contribution in [3.05, 3.63) is 82.9 Å². The van der Waals surface area contributed by atoms with E-state index in [1.807, 2.05) is 0 Å². The molecular formula is C20H15N2NaO7S2. The average molecular weight is 482 g/mol. The molecule has 3 aromatic carbocycles. The molecule has 0 radical (unpaired) electrons. The number of hydrogen-bond donors (Lipinski definition) is 3. The Morgan fingerprint density at radius 1 is 0.781 bits per heavy atom. The zero-order chi connectivity index (χ0) is 22.6. The number of sulfonamides is 1. The van der Waals surface area contributed by atoms with Crippen LogP contribution in [0.15, 0.2) is 70.5 Å². The molecule has 1 aliphatic carbocycles. The third kappa shape index (κ3) is 3.98. The van der Waals surface area contributed by atoms with Gasteiger partial charge in [0.1, 0.15) is 4.90 Å². The van der Waals surface area contributed by atoms with Crippen molar-refractivity contribution >= 4 is 72.6 Å². The van der Waals surface area contributed by atoms with Gasteiger partial charge >= 0.3 is 29.6 Å². The number of nitrogens with two attached hydrogens (primary N) is 1. The molecule has 0 aromatic heterocycles. The van der Waals surface area contributed by atoms with Crippen LogP contribution in [0, 0.1) is 0 Å². The summed E-state index contributed by atoms with van der Waals surface area (Å²) in [6.07, 6.45) is 0. The van der Waals surface area contributed by atoms with E-state index in [-0.39, 0.29) is 45.6 Å². The molecule has 9 nitrogen and oxygen atoms in total.